The van der Waals surface area contributed by atoms with Crippen LogP contribution in [0.2, 0.25) is 0 Å². The molecule has 1 N–H and O–H groups in total. The van der Waals surface area contributed by atoms with Crippen LogP contribution in [0.15, 0.2) is 11.6 Å². The molecule has 0 amide bonds. The van der Waals surface area contributed by atoms with Gasteiger partial charge in [-0.2, -0.15) is 0 Å². The van der Waals surface area contributed by atoms with Crippen molar-refractivity contribution in [2.75, 3.05) is 26.8 Å². The lowest BCUT2D eigenvalue weighted by molar-refractivity contribution is 0.196. The smallest absolute Gasteiger partial charge is 0.0587 e. The number of nitrogens with one attached hydrogen (secondary N) is 1. The number of ether oxygens (including phenoxy) is 1. The summed E-state index contributed by atoms with van der Waals surface area (Å²) in [5.74, 6) is 1.58. The molecule has 1 aliphatic rings. The quantitative estimate of drug-likeness (QED) is 0.499. The normalized spacial score (nSPS) is 17.9. The van der Waals surface area contributed by atoms with Crippen LogP contribution in [0, 0.1) is 11.8 Å². The Balaban J connectivity index is 2.53. The second-order valence-electron chi connectivity index (χ2n) is 5.40. The minimum absolute atomic E-state index is 0.747. The third-order valence-corrected chi connectivity index (χ3v) is 4.27. The first-order valence-corrected chi connectivity index (χ1v) is 7.72. The molecule has 0 saturated carbocycles. The lowest BCUT2D eigenvalue weighted by Gasteiger charge is -2.30. The predicted octanol–water partition coefficient (Wildman–Crippen LogP) is 3.78. The zero-order chi connectivity index (χ0) is 13.2. The van der Waals surface area contributed by atoms with Gasteiger partial charge in [0.05, 0.1) is 6.61 Å². The number of hydrogen-bond acceptors (Lipinski definition) is 2. The van der Waals surface area contributed by atoms with E-state index in [1.54, 1.807) is 12.7 Å². The standard InChI is InChI=1S/C16H31NO/c1-4-14(5-2)16(13-17-11-12-18-3)15-9-7-6-8-10-15/h9,14,16-17H,4-8,10-13H2,1-3H3. The van der Waals surface area contributed by atoms with Gasteiger partial charge in [-0.3, -0.25) is 0 Å². The average Bonchev–Trinajstić information content (AvgIpc) is 2.43. The Bertz CT molecular complexity index is 233. The molecule has 0 aliphatic heterocycles. The Hall–Kier alpha value is -0.340. The van der Waals surface area contributed by atoms with Gasteiger partial charge in [0.1, 0.15) is 0 Å². The van der Waals surface area contributed by atoms with Gasteiger partial charge in [-0.15, -0.1) is 0 Å². The molecule has 0 aromatic rings. The summed E-state index contributed by atoms with van der Waals surface area (Å²) >= 11 is 0. The Morgan fingerprint density at radius 3 is 2.61 bits per heavy atom. The van der Waals surface area contributed by atoms with Gasteiger partial charge in [-0.1, -0.05) is 38.3 Å². The van der Waals surface area contributed by atoms with Gasteiger partial charge >= 0.3 is 0 Å². The summed E-state index contributed by atoms with van der Waals surface area (Å²) in [5, 5.41) is 3.57. The summed E-state index contributed by atoms with van der Waals surface area (Å²) in [6, 6.07) is 0. The number of allylic oxidation sites excluding steroid dienone is 1. The second-order valence-corrected chi connectivity index (χ2v) is 5.40. The largest absolute Gasteiger partial charge is 0.383 e. The second kappa shape index (κ2) is 9.57. The molecule has 106 valence electrons. The van der Waals surface area contributed by atoms with E-state index < -0.39 is 0 Å². The number of hydrogen-bond donors (Lipinski definition) is 1. The monoisotopic (exact) mass is 253 g/mol. The van der Waals surface area contributed by atoms with E-state index in [4.69, 9.17) is 4.74 Å². The molecule has 2 nitrogen and oxygen atoms in total. The Morgan fingerprint density at radius 2 is 2.06 bits per heavy atom. The van der Waals surface area contributed by atoms with E-state index in [0.29, 0.717) is 0 Å². The average molecular weight is 253 g/mol. The van der Waals surface area contributed by atoms with E-state index >= 15 is 0 Å². The van der Waals surface area contributed by atoms with E-state index in [9.17, 15) is 0 Å². The molecule has 0 fully saturated rings. The van der Waals surface area contributed by atoms with Gasteiger partial charge in [0.25, 0.3) is 0 Å². The number of methoxy groups -OCH3 is 1. The van der Waals surface area contributed by atoms with Crippen molar-refractivity contribution in [1.29, 1.82) is 0 Å². The van der Waals surface area contributed by atoms with Crippen LogP contribution in [0.4, 0.5) is 0 Å². The van der Waals surface area contributed by atoms with Crippen LogP contribution in [0.25, 0.3) is 0 Å². The van der Waals surface area contributed by atoms with E-state index in [-0.39, 0.29) is 0 Å². The highest BCUT2D eigenvalue weighted by molar-refractivity contribution is 5.11. The molecule has 0 heterocycles. The van der Waals surface area contributed by atoms with Gasteiger partial charge in [-0.05, 0) is 37.5 Å². The summed E-state index contributed by atoms with van der Waals surface area (Å²) in [4.78, 5) is 0. The SMILES string of the molecule is CCC(CC)C(CNCCOC)C1=CCCCC1. The molecule has 18 heavy (non-hydrogen) atoms. The fourth-order valence-electron chi connectivity index (χ4n) is 3.09. The van der Waals surface area contributed by atoms with Crippen molar-refractivity contribution in [2.45, 2.75) is 52.4 Å². The van der Waals surface area contributed by atoms with Crippen molar-refractivity contribution in [3.8, 4) is 0 Å². The summed E-state index contributed by atoms with van der Waals surface area (Å²) in [6.07, 6.45) is 10.5. The molecule has 0 saturated heterocycles. The van der Waals surface area contributed by atoms with Gasteiger partial charge in [0.15, 0.2) is 0 Å². The van der Waals surface area contributed by atoms with Crippen molar-refractivity contribution in [3.05, 3.63) is 11.6 Å². The molecule has 0 aromatic heterocycles. The predicted molar refractivity (Wildman–Crippen MR) is 78.9 cm³/mol. The van der Waals surface area contributed by atoms with Gasteiger partial charge in [0.2, 0.25) is 0 Å². The first-order chi connectivity index (χ1) is 8.83. The summed E-state index contributed by atoms with van der Waals surface area (Å²) in [5.41, 5.74) is 1.72. The highest BCUT2D eigenvalue weighted by atomic mass is 16.5. The molecule has 0 bridgehead atoms. The van der Waals surface area contributed by atoms with Gasteiger partial charge in [0, 0.05) is 20.2 Å². The van der Waals surface area contributed by atoms with Crippen molar-refractivity contribution in [3.63, 3.8) is 0 Å². The first-order valence-electron chi connectivity index (χ1n) is 7.72. The minimum Gasteiger partial charge on any atom is -0.383 e. The molecule has 1 atom stereocenters. The molecular formula is C16H31NO. The van der Waals surface area contributed by atoms with Crippen LogP contribution >= 0.6 is 0 Å². The van der Waals surface area contributed by atoms with Crippen LogP contribution < -0.4 is 5.32 Å². The van der Waals surface area contributed by atoms with Crippen LogP contribution in [-0.4, -0.2) is 26.8 Å². The molecule has 1 unspecified atom stereocenters. The van der Waals surface area contributed by atoms with Crippen LogP contribution in [-0.2, 0) is 4.74 Å². The third kappa shape index (κ3) is 5.11. The Labute approximate surface area is 113 Å². The zero-order valence-electron chi connectivity index (χ0n) is 12.5. The fraction of sp³-hybridized carbons (Fsp3) is 0.875. The van der Waals surface area contributed by atoms with Gasteiger partial charge in [-0.25, -0.2) is 0 Å². The van der Waals surface area contributed by atoms with Crippen LogP contribution in [0.5, 0.6) is 0 Å². The maximum absolute atomic E-state index is 5.11. The molecule has 2 heteroatoms. The summed E-state index contributed by atoms with van der Waals surface area (Å²) < 4.78 is 5.11. The van der Waals surface area contributed by atoms with Crippen LogP contribution in [0.3, 0.4) is 0 Å². The first kappa shape index (κ1) is 15.7. The summed E-state index contributed by atoms with van der Waals surface area (Å²) in [6.45, 7) is 7.58. The Kier molecular flexibility index (Phi) is 8.36. The van der Waals surface area contributed by atoms with E-state index in [1.165, 1.54) is 38.5 Å². The maximum Gasteiger partial charge on any atom is 0.0587 e. The van der Waals surface area contributed by atoms with E-state index in [0.717, 1.165) is 31.5 Å². The lowest BCUT2D eigenvalue weighted by Crippen LogP contribution is -2.31. The lowest BCUT2D eigenvalue weighted by atomic mass is 9.78. The van der Waals surface area contributed by atoms with E-state index in [1.807, 2.05) is 0 Å². The Morgan fingerprint density at radius 1 is 1.28 bits per heavy atom. The van der Waals surface area contributed by atoms with Crippen molar-refractivity contribution in [1.82, 2.24) is 5.32 Å². The van der Waals surface area contributed by atoms with Gasteiger partial charge < -0.3 is 10.1 Å². The molecular weight excluding hydrogens is 222 g/mol. The minimum atomic E-state index is 0.747. The fourth-order valence-corrected chi connectivity index (χ4v) is 3.09. The highest BCUT2D eigenvalue weighted by Gasteiger charge is 2.22. The maximum atomic E-state index is 5.11. The topological polar surface area (TPSA) is 21.3 Å². The van der Waals surface area contributed by atoms with Crippen molar-refractivity contribution in [2.24, 2.45) is 11.8 Å². The molecule has 0 spiro atoms. The van der Waals surface area contributed by atoms with Crippen molar-refractivity contribution < 1.29 is 4.74 Å². The molecule has 0 radical (unpaired) electrons. The third-order valence-electron chi connectivity index (χ3n) is 4.27. The molecule has 1 aliphatic carbocycles. The number of rotatable bonds is 9. The van der Waals surface area contributed by atoms with E-state index in [2.05, 4.69) is 25.2 Å². The van der Waals surface area contributed by atoms with Crippen LogP contribution in [0.1, 0.15) is 52.4 Å². The summed E-state index contributed by atoms with van der Waals surface area (Å²) in [7, 11) is 1.77. The molecule has 1 rings (SSSR count). The van der Waals surface area contributed by atoms with Crippen molar-refractivity contribution >= 4 is 0 Å². The highest BCUT2D eigenvalue weighted by Crippen LogP contribution is 2.32. The molecule has 0 aromatic carbocycles. The zero-order valence-corrected chi connectivity index (χ0v) is 12.5.